The first-order valence-corrected chi connectivity index (χ1v) is 8.60. The largest absolute Gasteiger partial charge is 0.467 e. The summed E-state index contributed by atoms with van der Waals surface area (Å²) in [6.07, 6.45) is 0.344. The first-order valence-electron chi connectivity index (χ1n) is 7.16. The number of hydroxylamine groups is 1. The maximum absolute atomic E-state index is 12.3. The van der Waals surface area contributed by atoms with Crippen molar-refractivity contribution in [2.45, 2.75) is 30.7 Å². The lowest BCUT2D eigenvalue weighted by atomic mass is 9.98. The molecular weight excluding hydrogens is 336 g/mol. The van der Waals surface area contributed by atoms with Crippen molar-refractivity contribution < 1.29 is 27.6 Å². The van der Waals surface area contributed by atoms with Gasteiger partial charge in [0.1, 0.15) is 5.54 Å². The summed E-state index contributed by atoms with van der Waals surface area (Å²) in [6, 6.07) is 5.31. The summed E-state index contributed by atoms with van der Waals surface area (Å²) in [5, 5.41) is 2.60. The van der Waals surface area contributed by atoms with Gasteiger partial charge < -0.3 is 10.1 Å². The molecule has 0 heterocycles. The number of sulfonamides is 1. The number of nitrogens with zero attached hydrogens (tertiary/aromatic N) is 1. The summed E-state index contributed by atoms with van der Waals surface area (Å²) >= 11 is 0. The number of carbonyl (C=O) groups is 2. The number of nitrogens with one attached hydrogen (secondary N) is 1. The summed E-state index contributed by atoms with van der Waals surface area (Å²) in [7, 11) is -0.0422. The Morgan fingerprint density at radius 3 is 2.17 bits per heavy atom. The highest BCUT2D eigenvalue weighted by molar-refractivity contribution is 7.89. The zero-order valence-corrected chi connectivity index (χ0v) is 15.1. The SMILES string of the molecule is CCC(C)(NC(=O)c1ccc(S(=O)(=O)N(C)OC)cc1)C(=O)OC. The molecule has 1 amide bonds. The Morgan fingerprint density at radius 2 is 1.75 bits per heavy atom. The average molecular weight is 358 g/mol. The highest BCUT2D eigenvalue weighted by atomic mass is 32.2. The van der Waals surface area contributed by atoms with E-state index >= 15 is 0 Å². The van der Waals surface area contributed by atoms with Gasteiger partial charge in [-0.3, -0.25) is 9.63 Å². The lowest BCUT2D eigenvalue weighted by molar-refractivity contribution is -0.147. The minimum Gasteiger partial charge on any atom is -0.467 e. The summed E-state index contributed by atoms with van der Waals surface area (Å²) in [4.78, 5) is 28.7. The highest BCUT2D eigenvalue weighted by Crippen LogP contribution is 2.17. The van der Waals surface area contributed by atoms with Gasteiger partial charge in [-0.1, -0.05) is 11.4 Å². The lowest BCUT2D eigenvalue weighted by Crippen LogP contribution is -2.52. The molecule has 9 heteroatoms. The van der Waals surface area contributed by atoms with E-state index in [0.717, 1.165) is 0 Å². The van der Waals surface area contributed by atoms with E-state index in [2.05, 4.69) is 10.2 Å². The number of hydrogen-bond acceptors (Lipinski definition) is 6. The average Bonchev–Trinajstić information content (AvgIpc) is 2.59. The fourth-order valence-electron chi connectivity index (χ4n) is 1.86. The monoisotopic (exact) mass is 358 g/mol. The minimum absolute atomic E-state index is 0.0189. The molecule has 24 heavy (non-hydrogen) atoms. The summed E-state index contributed by atoms with van der Waals surface area (Å²) in [5.74, 6) is -1.06. The number of carbonyl (C=O) groups excluding carboxylic acids is 2. The molecule has 0 radical (unpaired) electrons. The number of esters is 1. The molecule has 0 aromatic heterocycles. The van der Waals surface area contributed by atoms with E-state index in [-0.39, 0.29) is 10.5 Å². The molecule has 0 saturated carbocycles. The van der Waals surface area contributed by atoms with Crippen molar-refractivity contribution in [3.8, 4) is 0 Å². The van der Waals surface area contributed by atoms with Crippen molar-refractivity contribution in [3.05, 3.63) is 29.8 Å². The van der Waals surface area contributed by atoms with Crippen molar-refractivity contribution in [2.75, 3.05) is 21.3 Å². The van der Waals surface area contributed by atoms with E-state index in [4.69, 9.17) is 4.74 Å². The molecule has 134 valence electrons. The van der Waals surface area contributed by atoms with Gasteiger partial charge in [-0.2, -0.15) is 0 Å². The predicted molar refractivity (Wildman–Crippen MR) is 86.6 cm³/mol. The van der Waals surface area contributed by atoms with E-state index in [9.17, 15) is 18.0 Å². The molecule has 0 aliphatic heterocycles. The Hall–Kier alpha value is -1.97. The highest BCUT2D eigenvalue weighted by Gasteiger charge is 2.34. The van der Waals surface area contributed by atoms with Gasteiger partial charge >= 0.3 is 5.97 Å². The number of ether oxygens (including phenoxy) is 1. The van der Waals surface area contributed by atoms with Gasteiger partial charge in [0.15, 0.2) is 0 Å². The molecule has 0 fully saturated rings. The van der Waals surface area contributed by atoms with E-state index < -0.39 is 27.4 Å². The van der Waals surface area contributed by atoms with Gasteiger partial charge in [-0.15, -0.1) is 0 Å². The van der Waals surface area contributed by atoms with Gasteiger partial charge in [0.2, 0.25) is 0 Å². The van der Waals surface area contributed by atoms with E-state index in [1.165, 1.54) is 45.5 Å². The smallest absolute Gasteiger partial charge is 0.331 e. The second-order valence-electron chi connectivity index (χ2n) is 5.25. The number of amides is 1. The fraction of sp³-hybridized carbons (Fsp3) is 0.467. The third-order valence-electron chi connectivity index (χ3n) is 3.74. The molecular formula is C15H22N2O6S. The molecule has 0 aliphatic carbocycles. The van der Waals surface area contributed by atoms with Crippen LogP contribution in [0.15, 0.2) is 29.2 Å². The molecule has 0 aliphatic rings. The molecule has 1 aromatic carbocycles. The predicted octanol–water partition coefficient (Wildman–Crippen LogP) is 0.940. The second-order valence-corrected chi connectivity index (χ2v) is 7.19. The number of hydrogen-bond donors (Lipinski definition) is 1. The molecule has 1 N–H and O–H groups in total. The Bertz CT molecular complexity index is 701. The Balaban J connectivity index is 3.01. The van der Waals surface area contributed by atoms with Crippen LogP contribution < -0.4 is 5.32 Å². The van der Waals surface area contributed by atoms with Crippen LogP contribution in [-0.4, -0.2) is 51.6 Å². The molecule has 1 rings (SSSR count). The summed E-state index contributed by atoms with van der Waals surface area (Å²) in [5.41, 5.74) is -0.940. The van der Waals surface area contributed by atoms with Crippen molar-refractivity contribution in [1.29, 1.82) is 0 Å². The molecule has 1 aromatic rings. The van der Waals surface area contributed by atoms with Crippen LogP contribution in [-0.2, 0) is 24.4 Å². The van der Waals surface area contributed by atoms with Crippen molar-refractivity contribution in [2.24, 2.45) is 0 Å². The van der Waals surface area contributed by atoms with Crippen LogP contribution >= 0.6 is 0 Å². The van der Waals surface area contributed by atoms with Crippen LogP contribution in [0, 0.1) is 0 Å². The normalized spacial score (nSPS) is 14.1. The topological polar surface area (TPSA) is 102 Å². The molecule has 1 atom stereocenters. The Kier molecular flexibility index (Phi) is 6.47. The molecule has 0 saturated heterocycles. The zero-order valence-electron chi connectivity index (χ0n) is 14.3. The van der Waals surface area contributed by atoms with E-state index in [1.807, 2.05) is 0 Å². The van der Waals surface area contributed by atoms with Crippen LogP contribution in [0.5, 0.6) is 0 Å². The van der Waals surface area contributed by atoms with E-state index in [0.29, 0.717) is 10.9 Å². The van der Waals surface area contributed by atoms with Crippen LogP contribution in [0.2, 0.25) is 0 Å². The van der Waals surface area contributed by atoms with Gasteiger partial charge in [-0.05, 0) is 37.6 Å². The molecule has 0 bridgehead atoms. The maximum atomic E-state index is 12.3. The Labute approximate surface area is 141 Å². The fourth-order valence-corrected chi connectivity index (χ4v) is 2.83. The summed E-state index contributed by atoms with van der Waals surface area (Å²) in [6.45, 7) is 3.30. The first-order chi connectivity index (χ1) is 11.1. The molecule has 8 nitrogen and oxygen atoms in total. The number of rotatable bonds is 7. The number of methoxy groups -OCH3 is 1. The first kappa shape index (κ1) is 20.1. The molecule has 1 unspecified atom stereocenters. The van der Waals surface area contributed by atoms with E-state index in [1.54, 1.807) is 13.8 Å². The zero-order chi connectivity index (χ0) is 18.5. The van der Waals surface area contributed by atoms with Crippen LogP contribution in [0.3, 0.4) is 0 Å². The minimum atomic E-state index is -3.78. The number of benzene rings is 1. The van der Waals surface area contributed by atoms with Gasteiger partial charge in [0.25, 0.3) is 15.9 Å². The van der Waals surface area contributed by atoms with Gasteiger partial charge in [-0.25, -0.2) is 13.2 Å². The standard InChI is InChI=1S/C15H22N2O6S/c1-6-15(2,14(19)22-4)16-13(18)11-7-9-12(10-8-11)24(20,21)17(3)23-5/h7-10H,6H2,1-5H3,(H,16,18). The third kappa shape index (κ3) is 4.11. The van der Waals surface area contributed by atoms with Gasteiger partial charge in [0.05, 0.1) is 19.1 Å². The maximum Gasteiger partial charge on any atom is 0.331 e. The molecule has 0 spiro atoms. The quantitative estimate of drug-likeness (QED) is 0.575. The summed E-state index contributed by atoms with van der Waals surface area (Å²) < 4.78 is 29.6. The van der Waals surface area contributed by atoms with Crippen LogP contribution in [0.1, 0.15) is 30.6 Å². The van der Waals surface area contributed by atoms with Crippen LogP contribution in [0.4, 0.5) is 0 Å². The second kappa shape index (κ2) is 7.73. The van der Waals surface area contributed by atoms with Crippen molar-refractivity contribution in [1.82, 2.24) is 9.79 Å². The van der Waals surface area contributed by atoms with Crippen molar-refractivity contribution in [3.63, 3.8) is 0 Å². The lowest BCUT2D eigenvalue weighted by Gasteiger charge is -2.26. The Morgan fingerprint density at radius 1 is 1.21 bits per heavy atom. The van der Waals surface area contributed by atoms with Gasteiger partial charge in [0, 0.05) is 12.6 Å². The third-order valence-corrected chi connectivity index (χ3v) is 5.44. The van der Waals surface area contributed by atoms with Crippen LogP contribution in [0.25, 0.3) is 0 Å². The van der Waals surface area contributed by atoms with Crippen molar-refractivity contribution >= 4 is 21.9 Å².